The molecule has 1 fully saturated rings. The molecular formula is C11H13BrO. The Balaban J connectivity index is 2.42. The molecule has 0 radical (unpaired) electrons. The van der Waals surface area contributed by atoms with Gasteiger partial charge in [0.1, 0.15) is 0 Å². The standard InChI is InChI=1S/C11H13BrO/c1-7-3-4-9(10(12)5-7)11(13)6-8(11)2/h3-5,8,13H,6H2,1-2H3. The minimum absolute atomic E-state index is 0.395. The van der Waals surface area contributed by atoms with Gasteiger partial charge in [0.15, 0.2) is 0 Å². The summed E-state index contributed by atoms with van der Waals surface area (Å²) in [6, 6.07) is 6.12. The Kier molecular flexibility index (Phi) is 2.00. The first-order valence-corrected chi connectivity index (χ1v) is 5.32. The molecule has 0 saturated heterocycles. The van der Waals surface area contributed by atoms with E-state index >= 15 is 0 Å². The Bertz CT molecular complexity index is 348. The monoisotopic (exact) mass is 240 g/mol. The van der Waals surface area contributed by atoms with Gasteiger partial charge in [-0.1, -0.05) is 35.0 Å². The Labute approximate surface area is 86.9 Å². The lowest BCUT2D eigenvalue weighted by molar-refractivity contribution is 0.134. The van der Waals surface area contributed by atoms with Crippen molar-refractivity contribution >= 4 is 15.9 Å². The molecule has 1 aromatic rings. The van der Waals surface area contributed by atoms with E-state index in [4.69, 9.17) is 0 Å². The van der Waals surface area contributed by atoms with Gasteiger partial charge >= 0.3 is 0 Å². The van der Waals surface area contributed by atoms with Crippen molar-refractivity contribution in [2.45, 2.75) is 25.9 Å². The molecule has 1 nitrogen and oxygen atoms in total. The number of rotatable bonds is 1. The number of aryl methyl sites for hydroxylation is 1. The topological polar surface area (TPSA) is 20.2 Å². The summed E-state index contributed by atoms with van der Waals surface area (Å²) in [5.41, 5.74) is 1.69. The van der Waals surface area contributed by atoms with Crippen LogP contribution in [0.2, 0.25) is 0 Å². The van der Waals surface area contributed by atoms with Crippen molar-refractivity contribution in [3.8, 4) is 0 Å². The van der Waals surface area contributed by atoms with Crippen LogP contribution < -0.4 is 0 Å². The fraction of sp³-hybridized carbons (Fsp3) is 0.455. The van der Waals surface area contributed by atoms with E-state index in [1.807, 2.05) is 12.1 Å². The average molecular weight is 241 g/mol. The van der Waals surface area contributed by atoms with Crippen LogP contribution in [0.3, 0.4) is 0 Å². The third-order valence-corrected chi connectivity index (χ3v) is 3.52. The second kappa shape index (κ2) is 2.82. The molecular weight excluding hydrogens is 228 g/mol. The van der Waals surface area contributed by atoms with Gasteiger partial charge in [0, 0.05) is 4.47 Å². The van der Waals surface area contributed by atoms with E-state index in [9.17, 15) is 5.11 Å². The zero-order valence-corrected chi connectivity index (χ0v) is 9.43. The van der Waals surface area contributed by atoms with Crippen molar-refractivity contribution < 1.29 is 5.11 Å². The normalized spacial score (nSPS) is 31.8. The Morgan fingerprint density at radius 1 is 1.54 bits per heavy atom. The molecule has 1 saturated carbocycles. The molecule has 13 heavy (non-hydrogen) atoms. The highest BCUT2D eigenvalue weighted by molar-refractivity contribution is 9.10. The summed E-state index contributed by atoms with van der Waals surface area (Å²) in [6.07, 6.45) is 0.884. The van der Waals surface area contributed by atoms with Crippen molar-refractivity contribution in [1.29, 1.82) is 0 Å². The fourth-order valence-corrected chi connectivity index (χ4v) is 2.59. The molecule has 70 valence electrons. The highest BCUT2D eigenvalue weighted by Crippen LogP contribution is 2.53. The predicted molar refractivity (Wildman–Crippen MR) is 56.6 cm³/mol. The summed E-state index contributed by atoms with van der Waals surface area (Å²) < 4.78 is 1.03. The first-order valence-electron chi connectivity index (χ1n) is 4.53. The minimum atomic E-state index is -0.563. The van der Waals surface area contributed by atoms with Crippen molar-refractivity contribution in [2.24, 2.45) is 5.92 Å². The lowest BCUT2D eigenvalue weighted by Gasteiger charge is -2.12. The molecule has 0 aromatic heterocycles. The lowest BCUT2D eigenvalue weighted by Crippen LogP contribution is -2.08. The summed E-state index contributed by atoms with van der Waals surface area (Å²) >= 11 is 3.49. The van der Waals surface area contributed by atoms with Gasteiger partial charge in [-0.05, 0) is 36.5 Å². The quantitative estimate of drug-likeness (QED) is 0.801. The SMILES string of the molecule is Cc1ccc(C2(O)CC2C)c(Br)c1. The molecule has 0 aliphatic heterocycles. The number of benzene rings is 1. The van der Waals surface area contributed by atoms with Crippen LogP contribution in [0.25, 0.3) is 0 Å². The number of hydrogen-bond acceptors (Lipinski definition) is 1. The molecule has 1 aliphatic carbocycles. The van der Waals surface area contributed by atoms with Crippen LogP contribution in [0.5, 0.6) is 0 Å². The van der Waals surface area contributed by atoms with Crippen LogP contribution in [0.15, 0.2) is 22.7 Å². The number of halogens is 1. The van der Waals surface area contributed by atoms with E-state index < -0.39 is 5.60 Å². The maximum Gasteiger partial charge on any atom is 0.0937 e. The van der Waals surface area contributed by atoms with Crippen molar-refractivity contribution in [3.05, 3.63) is 33.8 Å². The predicted octanol–water partition coefficient (Wildman–Crippen LogP) is 2.98. The summed E-state index contributed by atoms with van der Waals surface area (Å²) in [6.45, 7) is 4.13. The molecule has 1 N–H and O–H groups in total. The molecule has 2 rings (SSSR count). The van der Waals surface area contributed by atoms with Crippen LogP contribution in [0.4, 0.5) is 0 Å². The Hall–Kier alpha value is -0.340. The summed E-state index contributed by atoms with van der Waals surface area (Å²) in [7, 11) is 0. The van der Waals surface area contributed by atoms with Crippen LogP contribution in [-0.2, 0) is 5.60 Å². The maximum atomic E-state index is 10.1. The van der Waals surface area contributed by atoms with Crippen molar-refractivity contribution in [3.63, 3.8) is 0 Å². The number of aliphatic hydroxyl groups is 1. The third-order valence-electron chi connectivity index (χ3n) is 2.86. The van der Waals surface area contributed by atoms with E-state index in [-0.39, 0.29) is 0 Å². The summed E-state index contributed by atoms with van der Waals surface area (Å²) in [5.74, 6) is 0.395. The molecule has 2 unspecified atom stereocenters. The van der Waals surface area contributed by atoms with Gasteiger partial charge in [0.25, 0.3) is 0 Å². The van der Waals surface area contributed by atoms with Crippen LogP contribution in [0.1, 0.15) is 24.5 Å². The summed E-state index contributed by atoms with van der Waals surface area (Å²) in [4.78, 5) is 0. The van der Waals surface area contributed by atoms with E-state index in [1.165, 1.54) is 5.56 Å². The van der Waals surface area contributed by atoms with Gasteiger partial charge in [0.2, 0.25) is 0 Å². The van der Waals surface area contributed by atoms with Crippen LogP contribution in [-0.4, -0.2) is 5.11 Å². The molecule has 0 spiro atoms. The van der Waals surface area contributed by atoms with Gasteiger partial charge in [-0.3, -0.25) is 0 Å². The van der Waals surface area contributed by atoms with E-state index in [0.29, 0.717) is 5.92 Å². The van der Waals surface area contributed by atoms with E-state index in [0.717, 1.165) is 16.5 Å². The van der Waals surface area contributed by atoms with Crippen molar-refractivity contribution in [2.75, 3.05) is 0 Å². The highest BCUT2D eigenvalue weighted by atomic mass is 79.9. The zero-order chi connectivity index (χ0) is 9.64. The zero-order valence-electron chi connectivity index (χ0n) is 7.84. The molecule has 0 amide bonds. The highest BCUT2D eigenvalue weighted by Gasteiger charge is 2.51. The molecule has 2 heteroatoms. The largest absolute Gasteiger partial charge is 0.385 e. The Morgan fingerprint density at radius 3 is 2.62 bits per heavy atom. The van der Waals surface area contributed by atoms with Gasteiger partial charge in [-0.2, -0.15) is 0 Å². The second-order valence-corrected chi connectivity index (χ2v) is 4.87. The van der Waals surface area contributed by atoms with E-state index in [1.54, 1.807) is 0 Å². The average Bonchev–Trinajstić information content (AvgIpc) is 2.59. The number of hydrogen-bond donors (Lipinski definition) is 1. The van der Waals surface area contributed by atoms with Gasteiger partial charge in [0.05, 0.1) is 5.60 Å². The van der Waals surface area contributed by atoms with Crippen molar-refractivity contribution in [1.82, 2.24) is 0 Å². The molecule has 1 aliphatic rings. The minimum Gasteiger partial charge on any atom is -0.385 e. The van der Waals surface area contributed by atoms with E-state index in [2.05, 4.69) is 35.8 Å². The lowest BCUT2D eigenvalue weighted by atomic mass is 10.0. The molecule has 0 bridgehead atoms. The Morgan fingerprint density at radius 2 is 2.15 bits per heavy atom. The van der Waals surface area contributed by atoms with Crippen LogP contribution in [0, 0.1) is 12.8 Å². The van der Waals surface area contributed by atoms with Gasteiger partial charge < -0.3 is 5.11 Å². The first kappa shape index (κ1) is 9.22. The van der Waals surface area contributed by atoms with Gasteiger partial charge in [-0.15, -0.1) is 0 Å². The third kappa shape index (κ3) is 1.42. The fourth-order valence-electron chi connectivity index (χ4n) is 1.75. The van der Waals surface area contributed by atoms with Crippen LogP contribution >= 0.6 is 15.9 Å². The second-order valence-electron chi connectivity index (χ2n) is 4.01. The molecule has 2 atom stereocenters. The molecule has 0 heterocycles. The maximum absolute atomic E-state index is 10.1. The first-order chi connectivity index (χ1) is 6.04. The summed E-state index contributed by atoms with van der Waals surface area (Å²) in [5, 5.41) is 10.1. The van der Waals surface area contributed by atoms with Gasteiger partial charge in [-0.25, -0.2) is 0 Å². The molecule has 1 aromatic carbocycles. The smallest absolute Gasteiger partial charge is 0.0937 e.